The standard InChI is InChI=1S/C13H18O3P/c1-13(2,3)11(12(14)16-4)17(15)10-8-6-5-7-9-10/h5-9,11H,1-4H3/q+1. The van der Waals surface area contributed by atoms with Gasteiger partial charge in [0.1, 0.15) is 0 Å². The summed E-state index contributed by atoms with van der Waals surface area (Å²) in [4.78, 5) is 11.8. The topological polar surface area (TPSA) is 43.4 Å². The molecule has 0 amide bonds. The van der Waals surface area contributed by atoms with Crippen molar-refractivity contribution in [1.82, 2.24) is 0 Å². The van der Waals surface area contributed by atoms with Crippen LogP contribution in [0.4, 0.5) is 0 Å². The molecular formula is C13H18O3P+. The maximum atomic E-state index is 12.4. The summed E-state index contributed by atoms with van der Waals surface area (Å²) in [6.45, 7) is 5.68. The van der Waals surface area contributed by atoms with Gasteiger partial charge in [0.15, 0.2) is 5.30 Å². The number of hydrogen-bond acceptors (Lipinski definition) is 3. The summed E-state index contributed by atoms with van der Waals surface area (Å²) in [5.74, 6) is -0.414. The summed E-state index contributed by atoms with van der Waals surface area (Å²) in [7, 11) is -0.468. The van der Waals surface area contributed by atoms with Crippen molar-refractivity contribution in [2.45, 2.75) is 26.4 Å². The molecule has 0 fully saturated rings. The predicted molar refractivity (Wildman–Crippen MR) is 68.9 cm³/mol. The zero-order chi connectivity index (χ0) is 13.1. The smallest absolute Gasteiger partial charge is 0.392 e. The first-order chi connectivity index (χ1) is 7.88. The van der Waals surface area contributed by atoms with Crippen LogP contribution in [0.25, 0.3) is 0 Å². The van der Waals surface area contributed by atoms with Crippen LogP contribution in [-0.2, 0) is 14.1 Å². The van der Waals surface area contributed by atoms with E-state index in [9.17, 15) is 9.36 Å². The number of carbonyl (C=O) groups excluding carboxylic acids is 1. The number of hydrogen-bond donors (Lipinski definition) is 0. The highest BCUT2D eigenvalue weighted by molar-refractivity contribution is 7.55. The lowest BCUT2D eigenvalue weighted by Gasteiger charge is -2.19. The van der Waals surface area contributed by atoms with Crippen LogP contribution in [0.2, 0.25) is 0 Å². The quantitative estimate of drug-likeness (QED) is 0.614. The van der Waals surface area contributed by atoms with E-state index in [4.69, 9.17) is 4.74 Å². The van der Waals surface area contributed by atoms with E-state index in [0.29, 0.717) is 5.30 Å². The van der Waals surface area contributed by atoms with Gasteiger partial charge in [-0.3, -0.25) is 0 Å². The minimum Gasteiger partial charge on any atom is -0.466 e. The van der Waals surface area contributed by atoms with Gasteiger partial charge in [-0.1, -0.05) is 43.5 Å². The third-order valence-electron chi connectivity index (χ3n) is 2.49. The van der Waals surface area contributed by atoms with Crippen molar-refractivity contribution in [3.05, 3.63) is 30.3 Å². The first kappa shape index (κ1) is 13.9. The Morgan fingerprint density at radius 3 is 2.18 bits per heavy atom. The van der Waals surface area contributed by atoms with Crippen molar-refractivity contribution in [3.63, 3.8) is 0 Å². The van der Waals surface area contributed by atoms with Crippen LogP contribution >= 0.6 is 7.80 Å². The Kier molecular flexibility index (Phi) is 4.41. The molecule has 0 radical (unpaired) electrons. The van der Waals surface area contributed by atoms with E-state index in [-0.39, 0.29) is 0 Å². The molecule has 0 aliphatic carbocycles. The molecule has 2 unspecified atom stereocenters. The zero-order valence-corrected chi connectivity index (χ0v) is 11.5. The predicted octanol–water partition coefficient (Wildman–Crippen LogP) is 2.73. The molecule has 3 nitrogen and oxygen atoms in total. The molecule has 0 aromatic heterocycles. The van der Waals surface area contributed by atoms with Crippen LogP contribution in [-0.4, -0.2) is 18.7 Å². The Bertz CT molecular complexity index is 406. The van der Waals surface area contributed by atoms with Gasteiger partial charge in [0.2, 0.25) is 0 Å². The Morgan fingerprint density at radius 2 is 1.76 bits per heavy atom. The van der Waals surface area contributed by atoms with E-state index in [1.807, 2.05) is 39.0 Å². The zero-order valence-electron chi connectivity index (χ0n) is 10.6. The van der Waals surface area contributed by atoms with E-state index in [1.54, 1.807) is 12.1 Å². The van der Waals surface area contributed by atoms with Crippen molar-refractivity contribution < 1.29 is 14.1 Å². The summed E-state index contributed by atoms with van der Waals surface area (Å²) < 4.78 is 17.2. The first-order valence-corrected chi connectivity index (χ1v) is 6.80. The lowest BCUT2D eigenvalue weighted by molar-refractivity contribution is -0.142. The van der Waals surface area contributed by atoms with Crippen molar-refractivity contribution in [3.8, 4) is 0 Å². The molecule has 1 aromatic carbocycles. The number of rotatable bonds is 3. The van der Waals surface area contributed by atoms with E-state index in [0.717, 1.165) is 0 Å². The van der Waals surface area contributed by atoms with Gasteiger partial charge in [-0.15, -0.1) is 0 Å². The maximum absolute atomic E-state index is 12.4. The number of ether oxygens (including phenoxy) is 1. The Labute approximate surface area is 103 Å². The minimum absolute atomic E-state index is 0.392. The molecule has 0 saturated carbocycles. The second-order valence-electron chi connectivity index (χ2n) is 4.95. The molecular weight excluding hydrogens is 235 g/mol. The molecule has 1 rings (SSSR count). The summed E-state index contributed by atoms with van der Waals surface area (Å²) in [6, 6.07) is 9.05. The molecule has 0 heterocycles. The molecule has 0 spiro atoms. The van der Waals surface area contributed by atoms with Gasteiger partial charge < -0.3 is 4.74 Å². The van der Waals surface area contributed by atoms with Gasteiger partial charge >= 0.3 is 13.8 Å². The number of esters is 1. The molecule has 92 valence electrons. The number of carbonyl (C=O) groups is 1. The normalized spacial score (nSPS) is 14.0. The fraction of sp³-hybridized carbons (Fsp3) is 0.462. The van der Waals surface area contributed by atoms with E-state index < -0.39 is 24.8 Å². The average Bonchev–Trinajstić information content (AvgIpc) is 2.28. The SMILES string of the molecule is COC(=O)C([P+](=O)c1ccccc1)C(C)(C)C. The van der Waals surface area contributed by atoms with Gasteiger partial charge in [0.05, 0.1) is 7.11 Å². The molecule has 2 atom stereocenters. The summed E-state index contributed by atoms with van der Waals surface area (Å²) in [6.07, 6.45) is 0. The summed E-state index contributed by atoms with van der Waals surface area (Å²) in [5.41, 5.74) is -1.01. The van der Waals surface area contributed by atoms with Crippen LogP contribution in [0.3, 0.4) is 0 Å². The molecule has 0 bridgehead atoms. The van der Waals surface area contributed by atoms with E-state index in [1.165, 1.54) is 7.11 Å². The van der Waals surface area contributed by atoms with Crippen LogP contribution in [0.1, 0.15) is 20.8 Å². The molecule has 4 heteroatoms. The fourth-order valence-electron chi connectivity index (χ4n) is 1.64. The van der Waals surface area contributed by atoms with E-state index >= 15 is 0 Å². The molecule has 0 N–H and O–H groups in total. The monoisotopic (exact) mass is 253 g/mol. The van der Waals surface area contributed by atoms with Crippen molar-refractivity contribution in [2.75, 3.05) is 7.11 Å². The second-order valence-corrected chi connectivity index (χ2v) is 6.64. The van der Waals surface area contributed by atoms with Crippen molar-refractivity contribution >= 4 is 19.1 Å². The largest absolute Gasteiger partial charge is 0.466 e. The van der Waals surface area contributed by atoms with Crippen LogP contribution in [0.15, 0.2) is 30.3 Å². The van der Waals surface area contributed by atoms with Gasteiger partial charge in [-0.05, 0) is 12.1 Å². The minimum atomic E-state index is -1.80. The van der Waals surface area contributed by atoms with Gasteiger partial charge in [0, 0.05) is 5.41 Å². The molecule has 17 heavy (non-hydrogen) atoms. The number of methoxy groups -OCH3 is 1. The lowest BCUT2D eigenvalue weighted by Crippen LogP contribution is -2.34. The number of benzene rings is 1. The van der Waals surface area contributed by atoms with Crippen LogP contribution in [0.5, 0.6) is 0 Å². The van der Waals surface area contributed by atoms with Gasteiger partial charge in [0.25, 0.3) is 5.66 Å². The third-order valence-corrected chi connectivity index (χ3v) is 4.75. The first-order valence-electron chi connectivity index (χ1n) is 5.47. The van der Waals surface area contributed by atoms with Crippen LogP contribution < -0.4 is 5.30 Å². The highest BCUT2D eigenvalue weighted by atomic mass is 31.1. The highest BCUT2D eigenvalue weighted by Gasteiger charge is 2.48. The summed E-state index contributed by atoms with van der Waals surface area (Å²) in [5, 5.41) is 0.688. The van der Waals surface area contributed by atoms with Gasteiger partial charge in [-0.25, -0.2) is 4.79 Å². The Hall–Kier alpha value is -1.21. The van der Waals surface area contributed by atoms with E-state index in [2.05, 4.69) is 0 Å². The van der Waals surface area contributed by atoms with Gasteiger partial charge in [-0.2, -0.15) is 0 Å². The average molecular weight is 253 g/mol. The Balaban J connectivity index is 3.09. The molecule has 0 aliphatic rings. The second kappa shape index (κ2) is 5.42. The fourth-order valence-corrected chi connectivity index (χ4v) is 3.40. The molecule has 0 aliphatic heterocycles. The maximum Gasteiger partial charge on any atom is 0.392 e. The molecule has 0 saturated heterocycles. The third kappa shape index (κ3) is 3.37. The van der Waals surface area contributed by atoms with Crippen molar-refractivity contribution in [2.24, 2.45) is 5.41 Å². The van der Waals surface area contributed by atoms with Crippen molar-refractivity contribution in [1.29, 1.82) is 0 Å². The summed E-state index contributed by atoms with van der Waals surface area (Å²) >= 11 is 0. The Morgan fingerprint density at radius 1 is 1.24 bits per heavy atom. The van der Waals surface area contributed by atoms with Crippen LogP contribution in [0, 0.1) is 5.41 Å². The molecule has 1 aromatic rings. The highest BCUT2D eigenvalue weighted by Crippen LogP contribution is 2.40. The lowest BCUT2D eigenvalue weighted by atomic mass is 9.92.